The van der Waals surface area contributed by atoms with Gasteiger partial charge in [0.1, 0.15) is 44.8 Å². The molecular formula is C78H61BN2O6. The summed E-state index contributed by atoms with van der Waals surface area (Å²) >= 11 is 0. The lowest BCUT2D eigenvalue weighted by atomic mass is 9.37. The summed E-state index contributed by atoms with van der Waals surface area (Å²) in [6.07, 6.45) is 7.60. The molecule has 2 aliphatic heterocycles. The number of fused-ring (bicyclic) bond motifs is 12. The molecule has 0 unspecified atom stereocenters. The molecule has 0 aliphatic carbocycles. The van der Waals surface area contributed by atoms with Crippen LogP contribution in [0.1, 0.15) is 79.0 Å². The SMILES string of the molecule is CC(C)(C)c1cc2c3c(c1)N(c1cc(-c4coc5ccccc45)cc(-c4coc5ccccc45)c1)c1c(oc4ccc(C(C)(C)C)cc14)B3c1oc3ccc(C(C)(C)C)cc3c1N2c1cc(-c2coc3ccccc23)cc(-c2coc3ccccc23)c1. The van der Waals surface area contributed by atoms with Gasteiger partial charge in [-0.2, -0.15) is 0 Å². The number of para-hydroxylation sites is 4. The van der Waals surface area contributed by atoms with E-state index in [1.165, 1.54) is 16.7 Å². The van der Waals surface area contributed by atoms with Gasteiger partial charge in [-0.15, -0.1) is 0 Å². The molecule has 9 aromatic carbocycles. The zero-order chi connectivity index (χ0) is 59.0. The smallest absolute Gasteiger partial charge is 0.342 e. The predicted octanol–water partition coefficient (Wildman–Crippen LogP) is 20.8. The van der Waals surface area contributed by atoms with E-state index in [-0.39, 0.29) is 16.2 Å². The fraction of sp³-hybridized carbons (Fsp3) is 0.154. The van der Waals surface area contributed by atoms with E-state index in [4.69, 9.17) is 26.5 Å². The number of rotatable bonds is 6. The van der Waals surface area contributed by atoms with Crippen molar-refractivity contribution in [2.24, 2.45) is 0 Å². The van der Waals surface area contributed by atoms with Crippen molar-refractivity contribution >= 4 is 123 Å². The van der Waals surface area contributed by atoms with Gasteiger partial charge in [0.2, 0.25) is 0 Å². The molecular weight excluding hydrogens is 1070 g/mol. The van der Waals surface area contributed by atoms with Crippen LogP contribution in [-0.2, 0) is 16.2 Å². The van der Waals surface area contributed by atoms with Crippen LogP contribution in [0.3, 0.4) is 0 Å². The molecule has 6 aromatic heterocycles. The topological polar surface area (TPSA) is 85.3 Å². The Bertz CT molecular complexity index is 4840. The molecule has 8 nitrogen and oxygen atoms in total. The normalized spacial score (nSPS) is 13.5. The maximum absolute atomic E-state index is 7.60. The first kappa shape index (κ1) is 51.3. The molecule has 87 heavy (non-hydrogen) atoms. The predicted molar refractivity (Wildman–Crippen MR) is 357 cm³/mol. The van der Waals surface area contributed by atoms with E-state index in [1.54, 1.807) is 0 Å². The van der Waals surface area contributed by atoms with Gasteiger partial charge >= 0.3 is 6.71 Å². The second-order valence-corrected chi connectivity index (χ2v) is 27.0. The fourth-order valence-corrected chi connectivity index (χ4v) is 13.8. The Hall–Kier alpha value is -10.1. The van der Waals surface area contributed by atoms with Crippen LogP contribution >= 0.6 is 0 Å². The Kier molecular flexibility index (Phi) is 10.7. The first-order valence-electron chi connectivity index (χ1n) is 30.1. The van der Waals surface area contributed by atoms with E-state index in [1.807, 2.05) is 73.6 Å². The largest absolute Gasteiger partial charge is 0.468 e. The van der Waals surface area contributed by atoms with Crippen LogP contribution in [-0.4, -0.2) is 6.71 Å². The highest BCUT2D eigenvalue weighted by atomic mass is 16.4. The Labute approximate surface area is 503 Å². The Morgan fingerprint density at radius 3 is 0.954 bits per heavy atom. The van der Waals surface area contributed by atoms with Gasteiger partial charge in [-0.1, -0.05) is 147 Å². The zero-order valence-electron chi connectivity index (χ0n) is 50.1. The second-order valence-electron chi connectivity index (χ2n) is 27.0. The molecule has 0 saturated heterocycles. The van der Waals surface area contributed by atoms with Gasteiger partial charge in [0.05, 0.1) is 36.4 Å². The van der Waals surface area contributed by atoms with Crippen LogP contribution in [0.5, 0.6) is 0 Å². The lowest BCUT2D eigenvalue weighted by Gasteiger charge is -2.42. The third-order valence-corrected chi connectivity index (χ3v) is 18.4. The minimum atomic E-state index is -0.478. The number of hydrogen-bond donors (Lipinski definition) is 0. The van der Waals surface area contributed by atoms with Crippen LogP contribution in [0.25, 0.3) is 110 Å². The summed E-state index contributed by atoms with van der Waals surface area (Å²) in [6.45, 7) is 20.2. The third-order valence-electron chi connectivity index (χ3n) is 18.4. The fourth-order valence-electron chi connectivity index (χ4n) is 13.8. The molecule has 0 bridgehead atoms. The molecule has 0 amide bonds. The molecule has 17 rings (SSSR count). The molecule has 0 saturated carbocycles. The van der Waals surface area contributed by atoms with Crippen LogP contribution in [0.2, 0.25) is 0 Å². The quantitative estimate of drug-likeness (QED) is 0.152. The summed E-state index contributed by atoms with van der Waals surface area (Å²) in [7, 11) is 0. The Morgan fingerprint density at radius 2 is 0.632 bits per heavy atom. The Morgan fingerprint density at radius 1 is 0.310 bits per heavy atom. The zero-order valence-corrected chi connectivity index (χ0v) is 50.1. The van der Waals surface area contributed by atoms with Crippen molar-refractivity contribution in [2.75, 3.05) is 9.80 Å². The summed E-state index contributed by atoms with van der Waals surface area (Å²) < 4.78 is 40.7. The molecule has 0 atom stereocenters. The van der Waals surface area contributed by atoms with E-state index < -0.39 is 6.71 Å². The third kappa shape index (κ3) is 7.84. The number of nitrogens with zero attached hydrogens (tertiary/aromatic N) is 2. The van der Waals surface area contributed by atoms with Gasteiger partial charge in [0.25, 0.3) is 0 Å². The molecule has 0 N–H and O–H groups in total. The minimum absolute atomic E-state index is 0.166. The van der Waals surface area contributed by atoms with E-state index in [0.29, 0.717) is 0 Å². The van der Waals surface area contributed by atoms with Crippen molar-refractivity contribution in [2.45, 2.75) is 78.6 Å². The number of benzene rings is 9. The highest BCUT2D eigenvalue weighted by molar-refractivity contribution is 6.99. The van der Waals surface area contributed by atoms with Crippen molar-refractivity contribution in [3.8, 4) is 44.5 Å². The highest BCUT2D eigenvalue weighted by Gasteiger charge is 2.51. The van der Waals surface area contributed by atoms with E-state index >= 15 is 0 Å². The van der Waals surface area contributed by atoms with Crippen LogP contribution in [0.4, 0.5) is 34.1 Å². The van der Waals surface area contributed by atoms with Gasteiger partial charge in [0, 0.05) is 77.3 Å². The molecule has 422 valence electrons. The number of hydrogen-bond acceptors (Lipinski definition) is 8. The summed E-state index contributed by atoms with van der Waals surface area (Å²) in [5.74, 6) is 0. The maximum atomic E-state index is 7.60. The highest BCUT2D eigenvalue weighted by Crippen LogP contribution is 2.53. The number of furan rings is 6. The molecule has 0 radical (unpaired) electrons. The molecule has 2 aliphatic rings. The van der Waals surface area contributed by atoms with Crippen LogP contribution < -0.4 is 26.6 Å². The van der Waals surface area contributed by atoms with Crippen LogP contribution in [0, 0.1) is 0 Å². The van der Waals surface area contributed by atoms with Crippen molar-refractivity contribution in [1.82, 2.24) is 0 Å². The van der Waals surface area contributed by atoms with Crippen molar-refractivity contribution < 1.29 is 26.5 Å². The molecule has 0 spiro atoms. The summed E-state index contributed by atoms with van der Waals surface area (Å²) in [5, 5.41) is 6.17. The van der Waals surface area contributed by atoms with Crippen LogP contribution in [0.15, 0.2) is 234 Å². The lowest BCUT2D eigenvalue weighted by Crippen LogP contribution is -2.60. The van der Waals surface area contributed by atoms with Gasteiger partial charge in [-0.25, -0.2) is 0 Å². The maximum Gasteiger partial charge on any atom is 0.342 e. The summed E-state index contributed by atoms with van der Waals surface area (Å²) in [5.41, 5.74) is 24.4. The van der Waals surface area contributed by atoms with Gasteiger partial charge in [-0.05, 0) is 158 Å². The van der Waals surface area contributed by atoms with E-state index in [0.717, 1.165) is 161 Å². The van der Waals surface area contributed by atoms with E-state index in [2.05, 4.69) is 206 Å². The first-order valence-corrected chi connectivity index (χ1v) is 30.1. The van der Waals surface area contributed by atoms with Crippen molar-refractivity contribution in [1.29, 1.82) is 0 Å². The van der Waals surface area contributed by atoms with Crippen molar-refractivity contribution in [3.63, 3.8) is 0 Å². The summed E-state index contributed by atoms with van der Waals surface area (Å²) in [4.78, 5) is 4.99. The average Bonchev–Trinajstić information content (AvgIpc) is 1.64. The van der Waals surface area contributed by atoms with E-state index in [9.17, 15) is 0 Å². The molecule has 9 heteroatoms. The molecule has 0 fully saturated rings. The summed E-state index contributed by atoms with van der Waals surface area (Å²) in [6, 6.07) is 65.4. The standard InChI is InChI=1S/C78H61BN2O6/c1-76(2,3)48-26-28-69-57(36-48)72-74(86-69)79-71-63(80(72)51-32-44(59-40-82-65-22-14-10-18-53(59)65)30-45(33-51)60-41-83-66-23-15-11-19-54(60)66)38-50(78(7,8)9)39-64(71)81(73-58-37-49(77(4,5)6)27-29-70(58)87-75(73)79)52-34-46(61-42-84-67-24-16-12-20-55(61)67)31-47(35-52)62-43-85-68-25-17-13-21-56(62)68/h10-43H,1-9H3. The van der Waals surface area contributed by atoms with Gasteiger partial charge in [0.15, 0.2) is 0 Å². The Balaban J connectivity index is 1.02. The lowest BCUT2D eigenvalue weighted by molar-refractivity contribution is 0.590. The minimum Gasteiger partial charge on any atom is -0.468 e. The first-order chi connectivity index (χ1) is 42.0. The van der Waals surface area contributed by atoms with Gasteiger partial charge < -0.3 is 36.3 Å². The molecule has 8 heterocycles. The van der Waals surface area contributed by atoms with Crippen molar-refractivity contribution in [3.05, 3.63) is 224 Å². The molecule has 15 aromatic rings. The average molecular weight is 1130 g/mol. The second kappa shape index (κ2) is 18.2. The van der Waals surface area contributed by atoms with Gasteiger partial charge in [-0.3, -0.25) is 0 Å². The monoisotopic (exact) mass is 1130 g/mol. The number of anilines is 6.